The van der Waals surface area contributed by atoms with E-state index >= 15 is 0 Å². The van der Waals surface area contributed by atoms with Crippen LogP contribution in [0.25, 0.3) is 0 Å². The van der Waals surface area contributed by atoms with E-state index in [2.05, 4.69) is 17.9 Å². The zero-order chi connectivity index (χ0) is 13.4. The van der Waals surface area contributed by atoms with Crippen molar-refractivity contribution in [1.29, 1.82) is 0 Å². The normalized spacial score (nSPS) is 11.5. The number of carbonyl (C=O) groups is 2. The Bertz CT molecular complexity index is 319. The van der Waals surface area contributed by atoms with Crippen LogP contribution in [0, 0.1) is 0 Å². The van der Waals surface area contributed by atoms with E-state index < -0.39 is 18.0 Å². The number of hydrogen-bond acceptors (Lipinski definition) is 5. The fourth-order valence-electron chi connectivity index (χ4n) is 0.750. The van der Waals surface area contributed by atoms with E-state index in [-0.39, 0.29) is 13.4 Å². The molecule has 0 aromatic rings. The third kappa shape index (κ3) is 7.30. The average molecular weight is 242 g/mol. The van der Waals surface area contributed by atoms with Gasteiger partial charge in [0.15, 0.2) is 6.79 Å². The maximum atomic E-state index is 11.1. The van der Waals surface area contributed by atoms with Crippen LogP contribution in [0.2, 0.25) is 0 Å². The first-order valence-corrected chi connectivity index (χ1v) is 5.11. The maximum absolute atomic E-state index is 11.1. The van der Waals surface area contributed by atoms with Gasteiger partial charge in [-0.05, 0) is 20.8 Å². The molecule has 0 fully saturated rings. The minimum absolute atomic E-state index is 0.141. The minimum atomic E-state index is -0.517. The first-order chi connectivity index (χ1) is 7.84. The number of carbonyl (C=O) groups excluding carboxylic acids is 2. The van der Waals surface area contributed by atoms with E-state index in [4.69, 9.17) is 9.47 Å². The lowest BCUT2D eigenvalue weighted by Crippen LogP contribution is -2.22. The smallest absolute Gasteiger partial charge is 0.335 e. The summed E-state index contributed by atoms with van der Waals surface area (Å²) in [6.07, 6.45) is -0.428. The van der Waals surface area contributed by atoms with Gasteiger partial charge in [0.25, 0.3) is 0 Å². The third-order valence-corrected chi connectivity index (χ3v) is 1.63. The number of rotatable bonds is 7. The zero-order valence-electron chi connectivity index (χ0n) is 10.4. The summed E-state index contributed by atoms with van der Waals surface area (Å²) in [5.74, 6) is -0.989. The molecule has 5 nitrogen and oxygen atoms in total. The number of hydrogen-bond donors (Lipinski definition) is 0. The van der Waals surface area contributed by atoms with E-state index in [0.717, 1.165) is 0 Å². The van der Waals surface area contributed by atoms with Gasteiger partial charge < -0.3 is 14.2 Å². The van der Waals surface area contributed by atoms with Crippen LogP contribution in [-0.4, -0.2) is 31.4 Å². The van der Waals surface area contributed by atoms with Crippen LogP contribution in [-0.2, 0) is 23.8 Å². The van der Waals surface area contributed by atoms with Crippen molar-refractivity contribution < 1.29 is 23.8 Å². The largest absolute Gasteiger partial charge is 0.457 e. The molecule has 0 bridgehead atoms. The molecule has 1 atom stereocenters. The van der Waals surface area contributed by atoms with Crippen LogP contribution in [0.1, 0.15) is 20.8 Å². The Morgan fingerprint density at radius 3 is 2.12 bits per heavy atom. The average Bonchev–Trinajstić information content (AvgIpc) is 2.23. The van der Waals surface area contributed by atoms with Gasteiger partial charge in [-0.15, -0.1) is 0 Å². The lowest BCUT2D eigenvalue weighted by molar-refractivity contribution is -0.159. The van der Waals surface area contributed by atoms with Gasteiger partial charge in [-0.3, -0.25) is 0 Å². The summed E-state index contributed by atoms with van der Waals surface area (Å²) in [7, 11) is 0. The third-order valence-electron chi connectivity index (χ3n) is 1.63. The van der Waals surface area contributed by atoms with Crippen molar-refractivity contribution in [3.05, 3.63) is 24.3 Å². The molecular formula is C12H18O5. The molecule has 5 heteroatoms. The van der Waals surface area contributed by atoms with E-state index in [0.29, 0.717) is 11.1 Å². The van der Waals surface area contributed by atoms with E-state index in [1.165, 1.54) is 0 Å². The molecule has 0 aliphatic carbocycles. The van der Waals surface area contributed by atoms with Gasteiger partial charge in [-0.1, -0.05) is 13.2 Å². The monoisotopic (exact) mass is 242 g/mol. The highest BCUT2D eigenvalue weighted by Crippen LogP contribution is 1.99. The Morgan fingerprint density at radius 1 is 1.12 bits per heavy atom. The summed E-state index contributed by atoms with van der Waals surface area (Å²) in [6, 6.07) is 0. The van der Waals surface area contributed by atoms with Gasteiger partial charge in [0.2, 0.25) is 0 Å². The second-order valence-corrected chi connectivity index (χ2v) is 3.70. The van der Waals surface area contributed by atoms with Crippen LogP contribution < -0.4 is 0 Å². The van der Waals surface area contributed by atoms with Crippen molar-refractivity contribution >= 4 is 11.9 Å². The number of ether oxygens (including phenoxy) is 3. The molecule has 0 aromatic heterocycles. The summed E-state index contributed by atoms with van der Waals surface area (Å²) in [5, 5.41) is 0. The molecular weight excluding hydrogens is 224 g/mol. The molecule has 1 unspecified atom stereocenters. The summed E-state index contributed by atoms with van der Waals surface area (Å²) in [5.41, 5.74) is 0.626. The summed E-state index contributed by atoms with van der Waals surface area (Å²) in [6.45, 7) is 11.6. The summed E-state index contributed by atoms with van der Waals surface area (Å²) >= 11 is 0. The second-order valence-electron chi connectivity index (χ2n) is 3.70. The van der Waals surface area contributed by atoms with E-state index in [1.807, 2.05) is 0 Å². The van der Waals surface area contributed by atoms with Gasteiger partial charge in [0.1, 0.15) is 6.10 Å². The fourth-order valence-corrected chi connectivity index (χ4v) is 0.750. The molecule has 0 spiro atoms. The standard InChI is InChI=1S/C12H18O5/c1-8(2)11(13)16-7-15-6-10(5)17-12(14)9(3)4/h10H,1,3,6-7H2,2,4-5H3. The Hall–Kier alpha value is -1.62. The van der Waals surface area contributed by atoms with Crippen LogP contribution in [0.4, 0.5) is 0 Å². The molecule has 0 aliphatic heterocycles. The minimum Gasteiger partial charge on any atom is -0.457 e. The molecule has 0 amide bonds. The molecule has 0 aliphatic rings. The Balaban J connectivity index is 3.68. The van der Waals surface area contributed by atoms with Crippen molar-refractivity contribution in [3.8, 4) is 0 Å². The lowest BCUT2D eigenvalue weighted by Gasteiger charge is -2.13. The molecule has 0 heterocycles. The predicted octanol–water partition coefficient (Wildman–Crippen LogP) is 1.59. The highest BCUT2D eigenvalue weighted by molar-refractivity contribution is 5.87. The number of esters is 2. The van der Waals surface area contributed by atoms with Crippen LogP contribution >= 0.6 is 0 Å². The quantitative estimate of drug-likeness (QED) is 0.293. The maximum Gasteiger partial charge on any atom is 0.335 e. The van der Waals surface area contributed by atoms with Gasteiger partial charge in [-0.2, -0.15) is 0 Å². The van der Waals surface area contributed by atoms with Gasteiger partial charge in [-0.25, -0.2) is 9.59 Å². The molecule has 0 radical (unpaired) electrons. The van der Waals surface area contributed by atoms with Gasteiger partial charge in [0.05, 0.1) is 6.61 Å². The molecule has 0 aromatic carbocycles. The zero-order valence-corrected chi connectivity index (χ0v) is 10.4. The highest BCUT2D eigenvalue weighted by atomic mass is 16.7. The highest BCUT2D eigenvalue weighted by Gasteiger charge is 2.10. The molecule has 0 saturated heterocycles. The first-order valence-electron chi connectivity index (χ1n) is 5.11. The lowest BCUT2D eigenvalue weighted by atomic mass is 10.3. The van der Waals surface area contributed by atoms with Gasteiger partial charge in [0, 0.05) is 11.1 Å². The first kappa shape index (κ1) is 15.4. The van der Waals surface area contributed by atoms with Crippen molar-refractivity contribution in [3.63, 3.8) is 0 Å². The molecule has 17 heavy (non-hydrogen) atoms. The van der Waals surface area contributed by atoms with E-state index in [1.54, 1.807) is 20.8 Å². The van der Waals surface area contributed by atoms with Crippen LogP contribution in [0.3, 0.4) is 0 Å². The molecule has 0 rings (SSSR count). The molecule has 0 N–H and O–H groups in total. The Kier molecular flexibility index (Phi) is 6.89. The summed E-state index contributed by atoms with van der Waals surface area (Å²) < 4.78 is 14.6. The van der Waals surface area contributed by atoms with Crippen molar-refractivity contribution in [2.75, 3.05) is 13.4 Å². The topological polar surface area (TPSA) is 61.8 Å². The van der Waals surface area contributed by atoms with Crippen molar-refractivity contribution in [1.82, 2.24) is 0 Å². The SMILES string of the molecule is C=C(C)C(=O)OCOCC(C)OC(=O)C(=C)C. The van der Waals surface area contributed by atoms with Crippen molar-refractivity contribution in [2.24, 2.45) is 0 Å². The van der Waals surface area contributed by atoms with Gasteiger partial charge >= 0.3 is 11.9 Å². The molecule has 0 saturated carbocycles. The summed E-state index contributed by atoms with van der Waals surface area (Å²) in [4.78, 5) is 22.1. The molecule has 96 valence electrons. The predicted molar refractivity (Wildman–Crippen MR) is 62.1 cm³/mol. The second kappa shape index (κ2) is 7.62. The van der Waals surface area contributed by atoms with Crippen LogP contribution in [0.5, 0.6) is 0 Å². The Labute approximate surface area is 101 Å². The van der Waals surface area contributed by atoms with E-state index in [9.17, 15) is 9.59 Å². The van der Waals surface area contributed by atoms with Crippen LogP contribution in [0.15, 0.2) is 24.3 Å². The fraction of sp³-hybridized carbons (Fsp3) is 0.500. The van der Waals surface area contributed by atoms with Crippen molar-refractivity contribution in [2.45, 2.75) is 26.9 Å². The Morgan fingerprint density at radius 2 is 1.65 bits per heavy atom.